The van der Waals surface area contributed by atoms with Crippen LogP contribution in [0.25, 0.3) is 0 Å². The quantitative estimate of drug-likeness (QED) is 0.873. The number of rotatable bonds is 5. The van der Waals surface area contributed by atoms with Crippen LogP contribution in [-0.4, -0.2) is 29.6 Å². The van der Waals surface area contributed by atoms with Crippen LogP contribution in [0.2, 0.25) is 0 Å². The largest absolute Gasteiger partial charge is 0.437 e. The lowest BCUT2D eigenvalue weighted by molar-refractivity contribution is -0.126. The van der Waals surface area contributed by atoms with Crippen LogP contribution < -0.4 is 15.8 Å². The number of carbonyl (C=O) groups is 1. The van der Waals surface area contributed by atoms with Crippen LogP contribution in [0.4, 0.5) is 5.69 Å². The summed E-state index contributed by atoms with van der Waals surface area (Å²) in [6.45, 7) is 4.44. The number of anilines is 1. The second-order valence-corrected chi connectivity index (χ2v) is 6.21. The Kier molecular flexibility index (Phi) is 5.31. The average molecular weight is 341 g/mol. The first-order valence-corrected chi connectivity index (χ1v) is 8.44. The minimum atomic E-state index is -0.484. The highest BCUT2D eigenvalue weighted by atomic mass is 16.5. The molecule has 1 saturated heterocycles. The molecule has 0 aliphatic carbocycles. The summed E-state index contributed by atoms with van der Waals surface area (Å²) in [7, 11) is 0. The van der Waals surface area contributed by atoms with E-state index in [1.54, 1.807) is 18.3 Å². The Morgan fingerprint density at radius 1 is 1.32 bits per heavy atom. The van der Waals surface area contributed by atoms with Crippen LogP contribution in [0.1, 0.15) is 24.0 Å². The number of carbonyl (C=O) groups excluding carboxylic acids is 1. The third kappa shape index (κ3) is 3.97. The molecule has 1 aromatic carbocycles. The number of nitrogens with two attached hydrogens (primary N) is 1. The number of nitrogens with zero attached hydrogens (tertiary/aromatic N) is 1. The van der Waals surface area contributed by atoms with E-state index in [0.717, 1.165) is 23.3 Å². The van der Waals surface area contributed by atoms with Gasteiger partial charge in [0.15, 0.2) is 0 Å². The summed E-state index contributed by atoms with van der Waals surface area (Å²) < 4.78 is 11.6. The smallest absolute Gasteiger partial charge is 0.253 e. The molecule has 0 unspecified atom stereocenters. The van der Waals surface area contributed by atoms with Gasteiger partial charge in [-0.3, -0.25) is 4.79 Å². The van der Waals surface area contributed by atoms with E-state index in [1.807, 2.05) is 32.0 Å². The van der Waals surface area contributed by atoms with E-state index in [1.165, 1.54) is 0 Å². The zero-order valence-corrected chi connectivity index (χ0v) is 14.5. The van der Waals surface area contributed by atoms with Gasteiger partial charge in [0.1, 0.15) is 17.5 Å². The molecule has 2 aromatic rings. The predicted octanol–water partition coefficient (Wildman–Crippen LogP) is 2.94. The lowest BCUT2D eigenvalue weighted by atomic mass is 10.1. The monoisotopic (exact) mass is 341 g/mol. The first-order valence-electron chi connectivity index (χ1n) is 8.44. The number of aryl methyl sites for hydroxylation is 1. The fraction of sp³-hybridized carbons (Fsp3) is 0.368. The Hall–Kier alpha value is -2.44. The Balaban J connectivity index is 1.75. The van der Waals surface area contributed by atoms with Crippen molar-refractivity contribution in [3.63, 3.8) is 0 Å². The van der Waals surface area contributed by atoms with Crippen molar-refractivity contribution >= 4 is 11.6 Å². The number of nitrogens with one attached hydrogen (secondary N) is 1. The highest BCUT2D eigenvalue weighted by Gasteiger charge is 2.30. The van der Waals surface area contributed by atoms with Crippen LogP contribution >= 0.6 is 0 Å². The van der Waals surface area contributed by atoms with Crippen LogP contribution in [0.5, 0.6) is 11.6 Å². The van der Waals surface area contributed by atoms with Gasteiger partial charge in [-0.05, 0) is 56.0 Å². The molecule has 0 radical (unpaired) electrons. The first kappa shape index (κ1) is 17.4. The molecule has 6 nitrogen and oxygen atoms in total. The molecule has 1 aromatic heterocycles. The highest BCUT2D eigenvalue weighted by Crippen LogP contribution is 2.31. The van der Waals surface area contributed by atoms with Crippen LogP contribution in [0, 0.1) is 13.8 Å². The molecule has 1 aliphatic heterocycles. The maximum atomic E-state index is 12.4. The van der Waals surface area contributed by atoms with Gasteiger partial charge in [0, 0.05) is 12.7 Å². The van der Waals surface area contributed by atoms with Gasteiger partial charge in [-0.2, -0.15) is 0 Å². The number of ether oxygens (including phenoxy) is 2. The topological polar surface area (TPSA) is 86.5 Å². The van der Waals surface area contributed by atoms with Crippen LogP contribution in [0.15, 0.2) is 36.5 Å². The van der Waals surface area contributed by atoms with E-state index in [2.05, 4.69) is 10.3 Å². The summed E-state index contributed by atoms with van der Waals surface area (Å²) in [4.78, 5) is 16.7. The van der Waals surface area contributed by atoms with Crippen molar-refractivity contribution in [2.24, 2.45) is 5.73 Å². The molecule has 3 rings (SSSR count). The fourth-order valence-corrected chi connectivity index (χ4v) is 2.79. The molecule has 2 heterocycles. The van der Waals surface area contributed by atoms with Gasteiger partial charge in [0.05, 0.1) is 6.10 Å². The molecule has 2 atom stereocenters. The molecule has 132 valence electrons. The first-order chi connectivity index (χ1) is 12.1. The van der Waals surface area contributed by atoms with Gasteiger partial charge in [-0.25, -0.2) is 4.98 Å². The van der Waals surface area contributed by atoms with Gasteiger partial charge < -0.3 is 20.5 Å². The van der Waals surface area contributed by atoms with E-state index in [4.69, 9.17) is 15.2 Å². The molecule has 25 heavy (non-hydrogen) atoms. The lowest BCUT2D eigenvalue weighted by Gasteiger charge is -2.15. The van der Waals surface area contributed by atoms with Crippen LogP contribution in [0.3, 0.4) is 0 Å². The Morgan fingerprint density at radius 2 is 2.16 bits per heavy atom. The molecular weight excluding hydrogens is 318 g/mol. The molecule has 6 heteroatoms. The van der Waals surface area contributed by atoms with E-state index < -0.39 is 6.10 Å². The van der Waals surface area contributed by atoms with Crippen molar-refractivity contribution in [3.05, 3.63) is 47.7 Å². The minimum Gasteiger partial charge on any atom is -0.437 e. The molecular formula is C19H23N3O3. The summed E-state index contributed by atoms with van der Waals surface area (Å²) in [6, 6.07) is 9.35. The van der Waals surface area contributed by atoms with E-state index in [9.17, 15) is 4.79 Å². The van der Waals surface area contributed by atoms with Gasteiger partial charge >= 0.3 is 0 Å². The van der Waals surface area contributed by atoms with Crippen molar-refractivity contribution in [1.82, 2.24) is 4.98 Å². The highest BCUT2D eigenvalue weighted by molar-refractivity contribution is 5.95. The van der Waals surface area contributed by atoms with Crippen molar-refractivity contribution in [2.75, 3.05) is 11.9 Å². The number of benzene rings is 1. The zero-order valence-electron chi connectivity index (χ0n) is 14.5. The van der Waals surface area contributed by atoms with Crippen LogP contribution in [-0.2, 0) is 9.53 Å². The van der Waals surface area contributed by atoms with Gasteiger partial charge in [-0.15, -0.1) is 0 Å². The summed E-state index contributed by atoms with van der Waals surface area (Å²) in [5.41, 5.74) is 8.29. The SMILES string of the molecule is Cc1cccc(Oc2ncccc2NC(=O)[C@@H]2CC[C@H](CN)O2)c1C. The minimum absolute atomic E-state index is 0.0460. The lowest BCUT2D eigenvalue weighted by Crippen LogP contribution is -2.30. The van der Waals surface area contributed by atoms with Crippen molar-refractivity contribution in [2.45, 2.75) is 38.9 Å². The van der Waals surface area contributed by atoms with Crippen molar-refractivity contribution < 1.29 is 14.3 Å². The maximum Gasteiger partial charge on any atom is 0.253 e. The van der Waals surface area contributed by atoms with E-state index in [0.29, 0.717) is 24.5 Å². The van der Waals surface area contributed by atoms with Crippen molar-refractivity contribution in [3.8, 4) is 11.6 Å². The summed E-state index contributed by atoms with van der Waals surface area (Å²) in [5, 5.41) is 2.86. The number of hydrogen-bond acceptors (Lipinski definition) is 5. The maximum absolute atomic E-state index is 12.4. The molecule has 1 fully saturated rings. The standard InChI is InChI=1S/C19H23N3O3/c1-12-5-3-7-16(13(12)2)25-19-15(6-4-10-21-19)22-18(23)17-9-8-14(11-20)24-17/h3-7,10,14,17H,8-9,11,20H2,1-2H3,(H,22,23)/t14-,17+/m1/s1. The summed E-state index contributed by atoms with van der Waals surface area (Å²) in [5.74, 6) is 0.877. The summed E-state index contributed by atoms with van der Waals surface area (Å²) in [6.07, 6.45) is 2.57. The second-order valence-electron chi connectivity index (χ2n) is 6.21. The zero-order chi connectivity index (χ0) is 17.8. The normalized spacial score (nSPS) is 19.6. The molecule has 1 aliphatic rings. The Morgan fingerprint density at radius 3 is 2.92 bits per heavy atom. The molecule has 0 spiro atoms. The number of pyridine rings is 1. The Bertz CT molecular complexity index is 763. The third-order valence-electron chi connectivity index (χ3n) is 4.45. The second kappa shape index (κ2) is 7.63. The van der Waals surface area contributed by atoms with Gasteiger partial charge in [-0.1, -0.05) is 12.1 Å². The molecule has 3 N–H and O–H groups in total. The summed E-state index contributed by atoms with van der Waals surface area (Å²) >= 11 is 0. The van der Waals surface area contributed by atoms with E-state index in [-0.39, 0.29) is 12.0 Å². The predicted molar refractivity (Wildman–Crippen MR) is 95.8 cm³/mol. The third-order valence-corrected chi connectivity index (χ3v) is 4.45. The number of hydrogen-bond donors (Lipinski definition) is 2. The Labute approximate surface area is 147 Å². The van der Waals surface area contributed by atoms with Gasteiger partial charge in [0.25, 0.3) is 5.91 Å². The molecule has 0 saturated carbocycles. The molecule has 1 amide bonds. The average Bonchev–Trinajstić information content (AvgIpc) is 3.10. The number of amides is 1. The van der Waals surface area contributed by atoms with E-state index >= 15 is 0 Å². The van der Waals surface area contributed by atoms with Crippen molar-refractivity contribution in [1.29, 1.82) is 0 Å². The fourth-order valence-electron chi connectivity index (χ4n) is 2.79. The number of aromatic nitrogens is 1. The van der Waals surface area contributed by atoms with Gasteiger partial charge in [0.2, 0.25) is 5.88 Å². The molecule has 0 bridgehead atoms.